The van der Waals surface area contributed by atoms with Crippen molar-refractivity contribution in [3.05, 3.63) is 7.43 Å². The van der Waals surface area contributed by atoms with Gasteiger partial charge in [-0.25, -0.2) is 0 Å². The van der Waals surface area contributed by atoms with Crippen LogP contribution in [0.3, 0.4) is 0 Å². The molecule has 0 heterocycles. The Balaban J connectivity index is -0.0000000192. The van der Waals surface area contributed by atoms with Crippen molar-refractivity contribution >= 4 is 62.4 Å². The normalized spacial score (nSPS) is 5.05. The first kappa shape index (κ1) is 43.0. The molecule has 104 valence electrons. The molecule has 14 heteroatoms. The molecule has 0 saturated heterocycles. The number of carboxylic acid groups (broad SMARTS) is 8. The Kier molecular flexibility index (Phi) is 81.4. The topological polar surface area (TPSA) is 253 Å². The Morgan fingerprint density at radius 2 is 0.474 bits per heavy atom. The van der Waals surface area contributed by atoms with E-state index in [1.165, 1.54) is 0 Å². The van der Waals surface area contributed by atoms with Crippen LogP contribution in [-0.2, 0) is 20.4 Å². The fraction of sp³-hybridized carbons (Fsp3) is 0. The Morgan fingerprint density at radius 1 is 0.474 bits per heavy atom. The molecule has 0 aliphatic heterocycles. The van der Waals surface area contributed by atoms with Gasteiger partial charge in [-0.2, -0.15) is 0 Å². The molecule has 0 fully saturated rings. The molecule has 0 unspecified atom stereocenters. The van der Waals surface area contributed by atoms with Crippen LogP contribution in [0.5, 0.6) is 0 Å². The van der Waals surface area contributed by atoms with E-state index in [2.05, 4.69) is 0 Å². The second-order valence-corrected chi connectivity index (χ2v) is 1.00. The third-order valence-corrected chi connectivity index (χ3v) is 0. The second kappa shape index (κ2) is 36.0. The van der Waals surface area contributed by atoms with Crippen molar-refractivity contribution in [1.82, 2.24) is 0 Å². The minimum atomic E-state index is -2.33. The van der Waals surface area contributed by atoms with E-state index >= 15 is 0 Å². The van der Waals surface area contributed by atoms with Crippen LogP contribution in [0.15, 0.2) is 0 Å². The van der Waals surface area contributed by atoms with Crippen LogP contribution in [0.1, 0.15) is 0 Å². The standard InChI is InChI=1S/4CH2O3.C.Ca.Pd/c4*2-1(3)4;;;/h4*(H2,2,3,4);;;/q;;;;+4;2*+2/p-8. The van der Waals surface area contributed by atoms with Crippen molar-refractivity contribution in [2.75, 3.05) is 0 Å². The molecule has 0 bridgehead atoms. The van der Waals surface area contributed by atoms with E-state index in [0.29, 0.717) is 0 Å². The molecule has 0 atom stereocenters. The van der Waals surface area contributed by atoms with Gasteiger partial charge in [0, 0.05) is 0 Å². The minimum Gasteiger partial charge on any atom is -0.652 e. The zero-order valence-electron chi connectivity index (χ0n) is 8.42. The van der Waals surface area contributed by atoms with Gasteiger partial charge in [0.15, 0.2) is 0 Å². The molecule has 0 aliphatic rings. The molecule has 0 spiro atoms. The summed E-state index contributed by atoms with van der Waals surface area (Å²) in [5.74, 6) is 0. The summed E-state index contributed by atoms with van der Waals surface area (Å²) in [4.78, 5) is 33.3. The monoisotopic (exact) mass is 398 g/mol. The third kappa shape index (κ3) is 3840. The van der Waals surface area contributed by atoms with Gasteiger partial charge in [0.25, 0.3) is 0 Å². The summed E-state index contributed by atoms with van der Waals surface area (Å²) in [6.07, 6.45) is -9.33. The van der Waals surface area contributed by atoms with Crippen LogP contribution >= 0.6 is 0 Å². The SMILES string of the molecule is O=C([O-])[O-].O=C([O-])[O-].O=C([O-])[O-].O=C([O-])[O-].[C+4].[Ca+2].[Pd+2]. The van der Waals surface area contributed by atoms with Gasteiger partial charge in [0.2, 0.25) is 0 Å². The Morgan fingerprint density at radius 3 is 0.474 bits per heavy atom. The number of rotatable bonds is 0. The fourth-order valence-corrected chi connectivity index (χ4v) is 0. The van der Waals surface area contributed by atoms with Crippen molar-refractivity contribution in [3.63, 3.8) is 0 Å². The molecular formula is C5CaO12Pd. The van der Waals surface area contributed by atoms with Gasteiger partial charge in [0.1, 0.15) is 0 Å². The van der Waals surface area contributed by atoms with Crippen LogP contribution in [0.4, 0.5) is 19.2 Å². The number of hydrogen-bond donors (Lipinski definition) is 0. The maximum atomic E-state index is 8.33. The second-order valence-electron chi connectivity index (χ2n) is 1.00. The summed E-state index contributed by atoms with van der Waals surface area (Å²) in [6.45, 7) is 0. The molecule has 0 aromatic carbocycles. The van der Waals surface area contributed by atoms with Gasteiger partial charge in [0.05, 0.1) is 0 Å². The molecule has 19 heavy (non-hydrogen) atoms. The number of carbonyl (C=O) groups is 4. The summed E-state index contributed by atoms with van der Waals surface area (Å²) in [7, 11) is 0. The van der Waals surface area contributed by atoms with Crippen LogP contribution in [-0.4, -0.2) is 62.4 Å². The van der Waals surface area contributed by atoms with E-state index < -0.39 is 24.6 Å². The molecule has 0 aromatic heterocycles. The minimum absolute atomic E-state index is 0. The van der Waals surface area contributed by atoms with Gasteiger partial charge in [-0.3, -0.25) is 0 Å². The predicted molar refractivity (Wildman–Crippen MR) is 30.6 cm³/mol. The molecule has 0 radical (unpaired) electrons. The Labute approximate surface area is 149 Å². The summed E-state index contributed by atoms with van der Waals surface area (Å²) in [5.41, 5.74) is 0. The van der Waals surface area contributed by atoms with E-state index in [4.69, 9.17) is 60.0 Å². The average molecular weight is 399 g/mol. The molecule has 0 rings (SSSR count). The van der Waals surface area contributed by atoms with Crippen molar-refractivity contribution in [1.29, 1.82) is 0 Å². The number of hydrogen-bond acceptors (Lipinski definition) is 12. The largest absolute Gasteiger partial charge is 4.00 e. The zero-order chi connectivity index (χ0) is 14.3. The van der Waals surface area contributed by atoms with E-state index in [1.807, 2.05) is 0 Å². The fourth-order valence-electron chi connectivity index (χ4n) is 0. The summed E-state index contributed by atoms with van der Waals surface area (Å²) < 4.78 is 0. The Hall–Kier alpha value is -0.998. The van der Waals surface area contributed by atoms with E-state index in [-0.39, 0.29) is 65.6 Å². The first-order valence-corrected chi connectivity index (χ1v) is 2.45. The predicted octanol–water partition coefficient (Wildman–Crippen LogP) is -10.1. The first-order chi connectivity index (χ1) is 6.93. The zero-order valence-corrected chi connectivity index (χ0v) is 12.2. The third-order valence-electron chi connectivity index (χ3n) is 0. The van der Waals surface area contributed by atoms with Gasteiger partial charge in [-0.1, -0.05) is 0 Å². The molecule has 0 aliphatic carbocycles. The van der Waals surface area contributed by atoms with Crippen molar-refractivity contribution in [3.8, 4) is 0 Å². The van der Waals surface area contributed by atoms with E-state index in [1.54, 1.807) is 0 Å². The van der Waals surface area contributed by atoms with Gasteiger partial charge >= 0.3 is 65.6 Å². The first-order valence-electron chi connectivity index (χ1n) is 2.45. The van der Waals surface area contributed by atoms with Gasteiger partial charge < -0.3 is 60.0 Å². The van der Waals surface area contributed by atoms with E-state index in [9.17, 15) is 0 Å². The molecule has 12 nitrogen and oxygen atoms in total. The molecule has 0 saturated carbocycles. The van der Waals surface area contributed by atoms with Crippen LogP contribution in [0.2, 0.25) is 0 Å². The molecule has 0 N–H and O–H groups in total. The van der Waals surface area contributed by atoms with Crippen molar-refractivity contribution in [2.24, 2.45) is 0 Å². The number of carbonyl (C=O) groups excluding carboxylic acids is 4. The molecule has 0 amide bonds. The van der Waals surface area contributed by atoms with Crippen LogP contribution in [0.25, 0.3) is 0 Å². The average Bonchev–Trinajstić information content (AvgIpc) is 1.76. The quantitative estimate of drug-likeness (QED) is 0.344. The van der Waals surface area contributed by atoms with Crippen LogP contribution < -0.4 is 40.9 Å². The summed E-state index contributed by atoms with van der Waals surface area (Å²) >= 11 is 0. The smallest absolute Gasteiger partial charge is 0.652 e. The maximum Gasteiger partial charge on any atom is 4.00 e. The van der Waals surface area contributed by atoms with E-state index in [0.717, 1.165) is 0 Å². The van der Waals surface area contributed by atoms with Gasteiger partial charge in [-0.05, 0) is 24.6 Å². The summed E-state index contributed by atoms with van der Waals surface area (Å²) in [6, 6.07) is 0. The maximum absolute atomic E-state index is 8.33. The summed E-state index contributed by atoms with van der Waals surface area (Å²) in [5, 5.41) is 66.7. The van der Waals surface area contributed by atoms with Crippen molar-refractivity contribution < 1.29 is 80.5 Å². The van der Waals surface area contributed by atoms with Crippen molar-refractivity contribution in [2.45, 2.75) is 0 Å². The Bertz CT molecular complexity index is 166. The molecule has 0 aromatic rings. The van der Waals surface area contributed by atoms with Crippen LogP contribution in [0, 0.1) is 7.43 Å². The molecular weight excluding hydrogens is 399 g/mol. The van der Waals surface area contributed by atoms with Gasteiger partial charge in [-0.15, -0.1) is 0 Å².